The Balaban J connectivity index is 2.06. The SMILES string of the molecule is COc1ccc(/C(O)=C2\C(=O)C(=O)N(CCCN(C)C)C2c2ccc(Br)cc2)cc1. The smallest absolute Gasteiger partial charge is 0.295 e. The minimum Gasteiger partial charge on any atom is -0.507 e. The molecule has 0 radical (unpaired) electrons. The number of hydrogen-bond acceptors (Lipinski definition) is 5. The number of halogens is 1. The Labute approximate surface area is 184 Å². The Morgan fingerprint density at radius 3 is 2.30 bits per heavy atom. The molecule has 1 atom stereocenters. The lowest BCUT2D eigenvalue weighted by Gasteiger charge is -2.26. The molecule has 7 heteroatoms. The lowest BCUT2D eigenvalue weighted by Crippen LogP contribution is -2.32. The van der Waals surface area contributed by atoms with Crippen molar-refractivity contribution in [1.82, 2.24) is 9.80 Å². The van der Waals surface area contributed by atoms with E-state index in [1.165, 1.54) is 0 Å². The monoisotopic (exact) mass is 472 g/mol. The molecule has 158 valence electrons. The number of aliphatic hydroxyl groups is 1. The van der Waals surface area contributed by atoms with Gasteiger partial charge in [-0.2, -0.15) is 0 Å². The fourth-order valence-electron chi connectivity index (χ4n) is 3.56. The van der Waals surface area contributed by atoms with E-state index in [0.717, 1.165) is 23.0 Å². The summed E-state index contributed by atoms with van der Waals surface area (Å²) < 4.78 is 6.05. The summed E-state index contributed by atoms with van der Waals surface area (Å²) in [6, 6.07) is 13.6. The molecule has 2 aromatic carbocycles. The first kappa shape index (κ1) is 22.1. The van der Waals surface area contributed by atoms with Crippen molar-refractivity contribution < 1.29 is 19.4 Å². The maximum Gasteiger partial charge on any atom is 0.295 e. The van der Waals surface area contributed by atoms with Crippen molar-refractivity contribution in [3.05, 3.63) is 69.7 Å². The average Bonchev–Trinajstić information content (AvgIpc) is 2.98. The normalized spacial score (nSPS) is 18.3. The number of ether oxygens (including phenoxy) is 1. The molecule has 0 bridgehead atoms. The van der Waals surface area contributed by atoms with E-state index in [-0.39, 0.29) is 11.3 Å². The van der Waals surface area contributed by atoms with E-state index in [4.69, 9.17) is 4.74 Å². The highest BCUT2D eigenvalue weighted by molar-refractivity contribution is 9.10. The number of benzene rings is 2. The fraction of sp³-hybridized carbons (Fsp3) is 0.304. The summed E-state index contributed by atoms with van der Waals surface area (Å²) in [5.74, 6) is -0.794. The zero-order chi connectivity index (χ0) is 21.8. The molecule has 1 fully saturated rings. The fourth-order valence-corrected chi connectivity index (χ4v) is 3.83. The van der Waals surface area contributed by atoms with Crippen LogP contribution in [0.5, 0.6) is 5.75 Å². The van der Waals surface area contributed by atoms with Crippen LogP contribution in [-0.4, -0.2) is 60.9 Å². The van der Waals surface area contributed by atoms with Crippen LogP contribution in [0.2, 0.25) is 0 Å². The molecule has 1 heterocycles. The van der Waals surface area contributed by atoms with Gasteiger partial charge in [0.1, 0.15) is 11.5 Å². The van der Waals surface area contributed by atoms with Gasteiger partial charge in [0.2, 0.25) is 0 Å². The first-order chi connectivity index (χ1) is 14.3. The minimum absolute atomic E-state index is 0.109. The number of amides is 1. The van der Waals surface area contributed by atoms with Gasteiger partial charge in [-0.25, -0.2) is 0 Å². The number of aliphatic hydroxyl groups excluding tert-OH is 1. The highest BCUT2D eigenvalue weighted by Crippen LogP contribution is 2.39. The van der Waals surface area contributed by atoms with Crippen molar-refractivity contribution in [2.75, 3.05) is 34.3 Å². The lowest BCUT2D eigenvalue weighted by atomic mass is 9.95. The Morgan fingerprint density at radius 2 is 1.73 bits per heavy atom. The van der Waals surface area contributed by atoms with E-state index in [1.807, 2.05) is 43.3 Å². The molecule has 1 saturated heterocycles. The van der Waals surface area contributed by atoms with Gasteiger partial charge >= 0.3 is 0 Å². The standard InChI is InChI=1S/C23H25BrN2O4/c1-25(2)13-4-14-26-20(15-5-9-17(24)10-6-15)19(22(28)23(26)29)21(27)16-7-11-18(30-3)12-8-16/h5-12,20,27H,4,13-14H2,1-3H3/b21-19+. The van der Waals surface area contributed by atoms with Crippen LogP contribution in [-0.2, 0) is 9.59 Å². The largest absolute Gasteiger partial charge is 0.507 e. The third-order valence-electron chi connectivity index (χ3n) is 5.09. The Bertz CT molecular complexity index is 952. The molecular formula is C23H25BrN2O4. The zero-order valence-corrected chi connectivity index (χ0v) is 18.8. The minimum atomic E-state index is -0.666. The highest BCUT2D eigenvalue weighted by Gasteiger charge is 2.45. The van der Waals surface area contributed by atoms with Crippen LogP contribution < -0.4 is 4.74 Å². The predicted octanol–water partition coefficient (Wildman–Crippen LogP) is 3.83. The summed E-state index contributed by atoms with van der Waals surface area (Å²) >= 11 is 3.42. The first-order valence-electron chi connectivity index (χ1n) is 9.66. The third-order valence-corrected chi connectivity index (χ3v) is 5.62. The van der Waals surface area contributed by atoms with E-state index < -0.39 is 17.7 Å². The topological polar surface area (TPSA) is 70.1 Å². The molecule has 1 N–H and O–H groups in total. The molecule has 1 amide bonds. The lowest BCUT2D eigenvalue weighted by molar-refractivity contribution is -0.139. The Morgan fingerprint density at radius 1 is 1.10 bits per heavy atom. The molecule has 0 spiro atoms. The van der Waals surface area contributed by atoms with Gasteiger partial charge in [0, 0.05) is 16.6 Å². The van der Waals surface area contributed by atoms with E-state index >= 15 is 0 Å². The molecule has 0 saturated carbocycles. The molecule has 2 aromatic rings. The summed E-state index contributed by atoms with van der Waals surface area (Å²) in [6.07, 6.45) is 0.718. The number of carbonyl (C=O) groups is 2. The molecule has 0 aliphatic carbocycles. The number of ketones is 1. The first-order valence-corrected chi connectivity index (χ1v) is 10.5. The summed E-state index contributed by atoms with van der Waals surface area (Å²) in [6.45, 7) is 1.21. The number of likely N-dealkylation sites (tertiary alicyclic amines) is 1. The van der Waals surface area contributed by atoms with Gasteiger partial charge in [-0.05, 0) is 69.0 Å². The molecule has 6 nitrogen and oxygen atoms in total. The Kier molecular flexibility index (Phi) is 6.95. The number of hydrogen-bond donors (Lipinski definition) is 1. The second-order valence-corrected chi connectivity index (χ2v) is 8.35. The number of methoxy groups -OCH3 is 1. The average molecular weight is 473 g/mol. The molecular weight excluding hydrogens is 448 g/mol. The van der Waals surface area contributed by atoms with Crippen LogP contribution in [0.1, 0.15) is 23.6 Å². The van der Waals surface area contributed by atoms with Crippen LogP contribution in [0.4, 0.5) is 0 Å². The van der Waals surface area contributed by atoms with Gasteiger partial charge < -0.3 is 19.6 Å². The van der Waals surface area contributed by atoms with E-state index in [9.17, 15) is 14.7 Å². The second-order valence-electron chi connectivity index (χ2n) is 7.43. The van der Waals surface area contributed by atoms with Gasteiger partial charge in [0.15, 0.2) is 0 Å². The van der Waals surface area contributed by atoms with Crippen LogP contribution in [0.3, 0.4) is 0 Å². The molecule has 30 heavy (non-hydrogen) atoms. The molecule has 1 aliphatic rings. The zero-order valence-electron chi connectivity index (χ0n) is 17.3. The number of rotatable bonds is 7. The Hall–Kier alpha value is -2.64. The van der Waals surface area contributed by atoms with Gasteiger partial charge in [0.05, 0.1) is 18.7 Å². The van der Waals surface area contributed by atoms with Crippen LogP contribution in [0.15, 0.2) is 58.6 Å². The van der Waals surface area contributed by atoms with Crippen LogP contribution in [0.25, 0.3) is 5.76 Å². The molecule has 1 aliphatic heterocycles. The molecule has 0 aromatic heterocycles. The van der Waals surface area contributed by atoms with Crippen molar-refractivity contribution in [1.29, 1.82) is 0 Å². The van der Waals surface area contributed by atoms with Crippen LogP contribution >= 0.6 is 15.9 Å². The maximum atomic E-state index is 12.9. The van der Waals surface area contributed by atoms with Crippen molar-refractivity contribution in [2.45, 2.75) is 12.5 Å². The van der Waals surface area contributed by atoms with Gasteiger partial charge in [-0.3, -0.25) is 9.59 Å². The van der Waals surface area contributed by atoms with Crippen molar-refractivity contribution in [3.8, 4) is 5.75 Å². The molecule has 3 rings (SSSR count). The highest BCUT2D eigenvalue weighted by atomic mass is 79.9. The van der Waals surface area contributed by atoms with Crippen molar-refractivity contribution in [3.63, 3.8) is 0 Å². The summed E-state index contributed by atoms with van der Waals surface area (Å²) in [7, 11) is 5.48. The van der Waals surface area contributed by atoms with Gasteiger partial charge in [-0.15, -0.1) is 0 Å². The predicted molar refractivity (Wildman–Crippen MR) is 119 cm³/mol. The van der Waals surface area contributed by atoms with Crippen LogP contribution in [0, 0.1) is 0 Å². The van der Waals surface area contributed by atoms with Gasteiger partial charge in [0.25, 0.3) is 11.7 Å². The van der Waals surface area contributed by atoms with Crippen molar-refractivity contribution >= 4 is 33.4 Å². The number of carbonyl (C=O) groups excluding carboxylic acids is 2. The quantitative estimate of drug-likeness (QED) is 0.376. The number of Topliss-reactive ketones (excluding diaryl/α,β-unsaturated/α-hetero) is 1. The maximum absolute atomic E-state index is 12.9. The number of nitrogens with zero attached hydrogens (tertiary/aromatic N) is 2. The third kappa shape index (κ3) is 4.57. The van der Waals surface area contributed by atoms with Gasteiger partial charge in [-0.1, -0.05) is 28.1 Å². The molecule has 1 unspecified atom stereocenters. The van der Waals surface area contributed by atoms with E-state index in [0.29, 0.717) is 17.9 Å². The summed E-state index contributed by atoms with van der Waals surface area (Å²) in [4.78, 5) is 29.4. The van der Waals surface area contributed by atoms with Crippen molar-refractivity contribution in [2.24, 2.45) is 0 Å². The van der Waals surface area contributed by atoms with E-state index in [1.54, 1.807) is 36.3 Å². The van der Waals surface area contributed by atoms with E-state index in [2.05, 4.69) is 15.9 Å². The second kappa shape index (κ2) is 9.45. The summed E-state index contributed by atoms with van der Waals surface area (Å²) in [5, 5.41) is 11.0. The summed E-state index contributed by atoms with van der Waals surface area (Å²) in [5.41, 5.74) is 1.35.